The third kappa shape index (κ3) is 5.57. The Labute approximate surface area is 203 Å². The Bertz CT molecular complexity index is 898. The number of nitrogens with one attached hydrogen (secondary N) is 1. The van der Waals surface area contributed by atoms with Crippen molar-refractivity contribution in [3.05, 3.63) is 48.0 Å². The van der Waals surface area contributed by atoms with Crippen LogP contribution in [0.4, 0.5) is 11.4 Å². The lowest BCUT2D eigenvalue weighted by atomic mass is 10.1. The van der Waals surface area contributed by atoms with E-state index in [-0.39, 0.29) is 12.4 Å². The molecular formula is C25H34ClN3S2. The second-order valence-electron chi connectivity index (χ2n) is 8.70. The molecule has 1 N–H and O–H groups in total. The van der Waals surface area contributed by atoms with Crippen molar-refractivity contribution in [2.24, 2.45) is 5.92 Å². The molecule has 0 aliphatic carbocycles. The zero-order chi connectivity index (χ0) is 21.1. The van der Waals surface area contributed by atoms with Gasteiger partial charge in [0.25, 0.3) is 0 Å². The summed E-state index contributed by atoms with van der Waals surface area (Å²) in [6.07, 6.45) is 3.82. The Hall–Kier alpha value is -1.27. The lowest BCUT2D eigenvalue weighted by molar-refractivity contribution is 0.319. The molecule has 31 heavy (non-hydrogen) atoms. The molecule has 2 aliphatic heterocycles. The highest BCUT2D eigenvalue weighted by atomic mass is 35.5. The van der Waals surface area contributed by atoms with Crippen molar-refractivity contribution in [3.63, 3.8) is 0 Å². The third-order valence-corrected chi connectivity index (χ3v) is 7.81. The highest BCUT2D eigenvalue weighted by Crippen LogP contribution is 2.49. The fraction of sp³-hybridized carbons (Fsp3) is 0.480. The first-order valence-electron chi connectivity index (χ1n) is 11.3. The molecule has 0 radical (unpaired) electrons. The quantitative estimate of drug-likeness (QED) is 0.459. The normalized spacial score (nSPS) is 17.3. The monoisotopic (exact) mass is 475 g/mol. The number of hydrogen-bond acceptors (Lipinski definition) is 4. The zero-order valence-electron chi connectivity index (χ0n) is 18.8. The lowest BCUT2D eigenvalue weighted by Crippen LogP contribution is -2.40. The number of anilines is 2. The first-order chi connectivity index (χ1) is 14.6. The van der Waals surface area contributed by atoms with Gasteiger partial charge in [-0.15, -0.1) is 12.4 Å². The van der Waals surface area contributed by atoms with E-state index >= 15 is 0 Å². The van der Waals surface area contributed by atoms with E-state index in [1.807, 2.05) is 11.8 Å². The molecule has 4 rings (SSSR count). The fourth-order valence-corrected chi connectivity index (χ4v) is 5.60. The molecule has 2 aromatic carbocycles. The maximum Gasteiger partial charge on any atom is 0.106 e. The maximum absolute atomic E-state index is 5.75. The molecule has 2 heterocycles. The number of nitrogens with zero attached hydrogens (tertiary/aromatic N) is 2. The van der Waals surface area contributed by atoms with Crippen molar-refractivity contribution < 1.29 is 0 Å². The molecule has 0 spiro atoms. The van der Waals surface area contributed by atoms with Gasteiger partial charge < -0.3 is 15.1 Å². The van der Waals surface area contributed by atoms with Crippen molar-refractivity contribution in [1.29, 1.82) is 0 Å². The van der Waals surface area contributed by atoms with Crippen LogP contribution in [0.1, 0.15) is 45.6 Å². The van der Waals surface area contributed by atoms with Crippen LogP contribution in [-0.2, 0) is 0 Å². The van der Waals surface area contributed by atoms with Crippen LogP contribution < -0.4 is 10.2 Å². The number of benzene rings is 2. The molecule has 168 valence electrons. The average molecular weight is 476 g/mol. The molecule has 6 heteroatoms. The van der Waals surface area contributed by atoms with Crippen LogP contribution in [0.3, 0.4) is 0 Å². The number of likely N-dealkylation sites (tertiary alicyclic amines) is 1. The van der Waals surface area contributed by atoms with Crippen molar-refractivity contribution >= 4 is 52.8 Å². The van der Waals surface area contributed by atoms with Gasteiger partial charge in [-0.25, -0.2) is 0 Å². The molecule has 1 fully saturated rings. The highest BCUT2D eigenvalue weighted by Gasteiger charge is 2.29. The molecule has 0 bridgehead atoms. The van der Waals surface area contributed by atoms with Crippen molar-refractivity contribution in [2.75, 3.05) is 31.1 Å². The summed E-state index contributed by atoms with van der Waals surface area (Å²) in [4.78, 5) is 8.66. The molecular weight excluding hydrogens is 442 g/mol. The van der Waals surface area contributed by atoms with E-state index in [0.29, 0.717) is 12.0 Å². The average Bonchev–Trinajstić information content (AvgIpc) is 3.27. The standard InChI is InChI=1S/C25H33N3S2.ClH/c1-4-18(2)16-26-25(29)20-11-12-24-22(15-20)28(19(3)17-27-13-7-8-14-27)21-9-5-6-10-23(21)30-24;/h5-6,9-12,15,18-19H,4,7-8,13-14,16-17H2,1-3H3,(H,26,29);1H/t18-,19?;/m0./s1. The van der Waals surface area contributed by atoms with Crippen LogP contribution in [-0.4, -0.2) is 42.1 Å². The number of para-hydroxylation sites is 1. The number of fused-ring (bicyclic) bond motifs is 2. The van der Waals surface area contributed by atoms with Crippen LogP contribution in [0.15, 0.2) is 52.3 Å². The topological polar surface area (TPSA) is 18.5 Å². The minimum absolute atomic E-state index is 0. The van der Waals surface area contributed by atoms with Gasteiger partial charge >= 0.3 is 0 Å². The Morgan fingerprint density at radius 1 is 1.06 bits per heavy atom. The summed E-state index contributed by atoms with van der Waals surface area (Å²) in [7, 11) is 0. The van der Waals surface area contributed by atoms with E-state index in [0.717, 1.165) is 30.1 Å². The SMILES string of the molecule is CC[C@H](C)CNC(=S)c1ccc2c(c1)N(C(C)CN1CCCC1)c1ccccc1S2.Cl. The van der Waals surface area contributed by atoms with Crippen LogP contribution in [0.25, 0.3) is 0 Å². The molecule has 0 saturated carbocycles. The van der Waals surface area contributed by atoms with Gasteiger partial charge in [0, 0.05) is 34.5 Å². The van der Waals surface area contributed by atoms with Crippen LogP contribution >= 0.6 is 36.4 Å². The van der Waals surface area contributed by atoms with Crippen molar-refractivity contribution in [3.8, 4) is 0 Å². The Kier molecular flexibility index (Phi) is 8.68. The van der Waals surface area contributed by atoms with E-state index in [1.54, 1.807) is 0 Å². The van der Waals surface area contributed by atoms with Gasteiger partial charge in [0.05, 0.1) is 11.4 Å². The molecule has 2 atom stereocenters. The molecule has 0 amide bonds. The van der Waals surface area contributed by atoms with Gasteiger partial charge in [-0.05, 0) is 63.0 Å². The first-order valence-corrected chi connectivity index (χ1v) is 12.5. The zero-order valence-corrected chi connectivity index (χ0v) is 21.2. The Morgan fingerprint density at radius 3 is 2.52 bits per heavy atom. The third-order valence-electron chi connectivity index (χ3n) is 6.30. The van der Waals surface area contributed by atoms with Gasteiger partial charge in [0.2, 0.25) is 0 Å². The predicted molar refractivity (Wildman–Crippen MR) is 141 cm³/mol. The largest absolute Gasteiger partial charge is 0.376 e. The summed E-state index contributed by atoms with van der Waals surface area (Å²) in [5.74, 6) is 0.625. The van der Waals surface area contributed by atoms with Crippen LogP contribution in [0.5, 0.6) is 0 Å². The second-order valence-corrected chi connectivity index (χ2v) is 10.2. The second kappa shape index (κ2) is 11.0. The summed E-state index contributed by atoms with van der Waals surface area (Å²) in [6.45, 7) is 11.3. The van der Waals surface area contributed by atoms with E-state index in [2.05, 4.69) is 78.4 Å². The molecule has 1 saturated heterocycles. The van der Waals surface area contributed by atoms with Gasteiger partial charge in [-0.1, -0.05) is 62.4 Å². The number of hydrogen-bond donors (Lipinski definition) is 1. The maximum atomic E-state index is 5.75. The molecule has 0 aromatic heterocycles. The van der Waals surface area contributed by atoms with Gasteiger partial charge in [0.15, 0.2) is 0 Å². The fourth-order valence-electron chi connectivity index (χ4n) is 4.33. The number of thiocarbonyl (C=S) groups is 1. The lowest BCUT2D eigenvalue weighted by Gasteiger charge is -2.39. The van der Waals surface area contributed by atoms with Crippen LogP contribution in [0, 0.1) is 5.92 Å². The Morgan fingerprint density at radius 2 is 1.77 bits per heavy atom. The van der Waals surface area contributed by atoms with E-state index in [4.69, 9.17) is 12.2 Å². The summed E-state index contributed by atoms with van der Waals surface area (Å²) >= 11 is 7.61. The number of halogens is 1. The molecule has 1 unspecified atom stereocenters. The smallest absolute Gasteiger partial charge is 0.106 e. The summed E-state index contributed by atoms with van der Waals surface area (Å²) < 4.78 is 0. The van der Waals surface area contributed by atoms with E-state index < -0.39 is 0 Å². The summed E-state index contributed by atoms with van der Waals surface area (Å²) in [5, 5.41) is 3.48. The first kappa shape index (κ1) is 24.4. The van der Waals surface area contributed by atoms with Gasteiger partial charge in [-0.3, -0.25) is 0 Å². The molecule has 2 aromatic rings. The highest BCUT2D eigenvalue weighted by molar-refractivity contribution is 7.99. The van der Waals surface area contributed by atoms with E-state index in [1.165, 1.54) is 47.1 Å². The van der Waals surface area contributed by atoms with Gasteiger partial charge in [0.1, 0.15) is 4.99 Å². The molecule has 3 nitrogen and oxygen atoms in total. The minimum Gasteiger partial charge on any atom is -0.376 e. The minimum atomic E-state index is 0. The van der Waals surface area contributed by atoms with Crippen molar-refractivity contribution in [1.82, 2.24) is 10.2 Å². The predicted octanol–water partition coefficient (Wildman–Crippen LogP) is 6.51. The van der Waals surface area contributed by atoms with Gasteiger partial charge in [-0.2, -0.15) is 0 Å². The van der Waals surface area contributed by atoms with Crippen LogP contribution in [0.2, 0.25) is 0 Å². The summed E-state index contributed by atoms with van der Waals surface area (Å²) in [6, 6.07) is 15.9. The number of rotatable bonds is 7. The molecule has 2 aliphatic rings. The Balaban J connectivity index is 0.00000272. The van der Waals surface area contributed by atoms with E-state index in [9.17, 15) is 0 Å². The summed E-state index contributed by atoms with van der Waals surface area (Å²) in [5.41, 5.74) is 3.72. The van der Waals surface area contributed by atoms with Crippen molar-refractivity contribution in [2.45, 2.75) is 55.9 Å².